The summed E-state index contributed by atoms with van der Waals surface area (Å²) in [4.78, 5) is 17.1. The van der Waals surface area contributed by atoms with Gasteiger partial charge < -0.3 is 10.6 Å². The average Bonchev–Trinajstić information content (AvgIpc) is 3.20. The molecule has 0 bridgehead atoms. The van der Waals surface area contributed by atoms with E-state index in [1.54, 1.807) is 35.5 Å². The number of hydrogen-bond acceptors (Lipinski definition) is 8. The topological polar surface area (TPSA) is 93.4 Å². The zero-order valence-electron chi connectivity index (χ0n) is 11.4. The highest BCUT2D eigenvalue weighted by atomic mass is 32.1. The molecule has 0 radical (unpaired) electrons. The molecule has 0 spiro atoms. The number of hydrogen-bond donors (Lipinski definition) is 2. The Labute approximate surface area is 125 Å². The van der Waals surface area contributed by atoms with Crippen molar-refractivity contribution in [1.29, 1.82) is 0 Å². The molecule has 21 heavy (non-hydrogen) atoms. The normalized spacial score (nSPS) is 10.5. The average molecular weight is 302 g/mol. The van der Waals surface area contributed by atoms with Crippen LogP contribution in [-0.2, 0) is 6.42 Å². The lowest BCUT2D eigenvalue weighted by Crippen LogP contribution is -2.13. The molecule has 0 aliphatic heterocycles. The maximum atomic E-state index is 4.35. The molecular formula is C12H14N8S. The number of rotatable bonds is 6. The van der Waals surface area contributed by atoms with Crippen molar-refractivity contribution in [3.05, 3.63) is 35.0 Å². The molecule has 0 saturated heterocycles. The molecule has 0 aliphatic rings. The second-order valence-electron chi connectivity index (χ2n) is 4.14. The fraction of sp³-hybridized carbons (Fsp3) is 0.250. The lowest BCUT2D eigenvalue weighted by atomic mass is 10.3. The maximum Gasteiger partial charge on any atom is 0.257 e. The van der Waals surface area contributed by atoms with Crippen molar-refractivity contribution in [3.63, 3.8) is 0 Å². The molecule has 0 aliphatic carbocycles. The summed E-state index contributed by atoms with van der Waals surface area (Å²) < 4.78 is 1.59. The predicted octanol–water partition coefficient (Wildman–Crippen LogP) is 1.21. The molecule has 0 saturated carbocycles. The van der Waals surface area contributed by atoms with E-state index < -0.39 is 0 Å². The van der Waals surface area contributed by atoms with Gasteiger partial charge in [-0.25, -0.2) is 9.67 Å². The Morgan fingerprint density at radius 3 is 2.86 bits per heavy atom. The number of aromatic nitrogens is 6. The Kier molecular flexibility index (Phi) is 4.01. The third-order valence-electron chi connectivity index (χ3n) is 2.70. The summed E-state index contributed by atoms with van der Waals surface area (Å²) in [6, 6.07) is 1.82. The summed E-state index contributed by atoms with van der Waals surface area (Å²) in [5, 5.41) is 12.3. The number of nitrogens with one attached hydrogen (secondary N) is 2. The van der Waals surface area contributed by atoms with Gasteiger partial charge >= 0.3 is 0 Å². The Morgan fingerprint density at radius 2 is 2.14 bits per heavy atom. The smallest absolute Gasteiger partial charge is 0.257 e. The Balaban J connectivity index is 1.73. The van der Waals surface area contributed by atoms with Crippen LogP contribution in [0.3, 0.4) is 0 Å². The fourth-order valence-corrected chi connectivity index (χ4v) is 2.30. The second-order valence-corrected chi connectivity index (χ2v) is 4.86. The van der Waals surface area contributed by atoms with Crippen LogP contribution in [0.2, 0.25) is 0 Å². The van der Waals surface area contributed by atoms with Gasteiger partial charge in [-0.15, -0.1) is 11.3 Å². The largest absolute Gasteiger partial charge is 0.357 e. The maximum absolute atomic E-state index is 4.35. The van der Waals surface area contributed by atoms with Gasteiger partial charge in [0.25, 0.3) is 5.95 Å². The summed E-state index contributed by atoms with van der Waals surface area (Å²) >= 11 is 1.59. The van der Waals surface area contributed by atoms with E-state index in [9.17, 15) is 0 Å². The van der Waals surface area contributed by atoms with Crippen molar-refractivity contribution in [2.24, 2.45) is 0 Å². The molecule has 0 fully saturated rings. The van der Waals surface area contributed by atoms with Crippen LogP contribution in [0.4, 0.5) is 11.9 Å². The summed E-state index contributed by atoms with van der Waals surface area (Å²) in [7, 11) is 1.77. The van der Waals surface area contributed by atoms with E-state index in [1.807, 2.05) is 17.0 Å². The summed E-state index contributed by atoms with van der Waals surface area (Å²) in [5.41, 5.74) is 2.88. The minimum atomic E-state index is 0.468. The highest BCUT2D eigenvalue weighted by Crippen LogP contribution is 2.09. The first-order chi connectivity index (χ1) is 10.3. The predicted molar refractivity (Wildman–Crippen MR) is 80.8 cm³/mol. The van der Waals surface area contributed by atoms with Gasteiger partial charge in [0.2, 0.25) is 11.9 Å². The molecule has 0 atom stereocenters. The van der Waals surface area contributed by atoms with Crippen molar-refractivity contribution in [3.8, 4) is 5.95 Å². The number of thiazole rings is 1. The standard InChI is InChI=1S/C12H14N8S/c1-13-10-17-11(14-5-3-9-7-21-8-15-9)19-12(18-10)20-6-2-4-16-20/h2,4,6-8H,3,5H2,1H3,(H2,13,14,17,18,19). The molecule has 0 unspecified atom stereocenters. The zero-order chi connectivity index (χ0) is 14.5. The second kappa shape index (κ2) is 6.27. The Morgan fingerprint density at radius 1 is 1.24 bits per heavy atom. The lowest BCUT2D eigenvalue weighted by Gasteiger charge is -2.08. The molecule has 0 aromatic carbocycles. The summed E-state index contributed by atoms with van der Waals surface area (Å²) in [5.74, 6) is 1.47. The molecule has 3 rings (SSSR count). The van der Waals surface area contributed by atoms with Crippen LogP contribution in [0, 0.1) is 0 Å². The van der Waals surface area contributed by atoms with Gasteiger partial charge in [0.15, 0.2) is 0 Å². The van der Waals surface area contributed by atoms with Gasteiger partial charge in [-0.05, 0) is 6.07 Å². The molecule has 8 nitrogen and oxygen atoms in total. The van der Waals surface area contributed by atoms with Crippen LogP contribution in [0.5, 0.6) is 0 Å². The van der Waals surface area contributed by atoms with Gasteiger partial charge in [-0.1, -0.05) is 0 Å². The molecule has 2 N–H and O–H groups in total. The van der Waals surface area contributed by atoms with Crippen molar-refractivity contribution < 1.29 is 0 Å². The number of anilines is 2. The van der Waals surface area contributed by atoms with Crippen molar-refractivity contribution in [2.45, 2.75) is 6.42 Å². The van der Waals surface area contributed by atoms with E-state index >= 15 is 0 Å². The monoisotopic (exact) mass is 302 g/mol. The van der Waals surface area contributed by atoms with E-state index in [0.29, 0.717) is 24.4 Å². The van der Waals surface area contributed by atoms with Gasteiger partial charge in [-0.2, -0.15) is 20.1 Å². The third-order valence-corrected chi connectivity index (χ3v) is 3.34. The quantitative estimate of drug-likeness (QED) is 0.707. The molecule has 9 heteroatoms. The van der Waals surface area contributed by atoms with Crippen molar-refractivity contribution in [2.75, 3.05) is 24.2 Å². The van der Waals surface area contributed by atoms with E-state index in [1.165, 1.54) is 0 Å². The van der Waals surface area contributed by atoms with Gasteiger partial charge in [0.1, 0.15) is 0 Å². The molecule has 108 valence electrons. The van der Waals surface area contributed by atoms with Crippen molar-refractivity contribution in [1.82, 2.24) is 29.7 Å². The Hall–Kier alpha value is -2.55. The molecule has 3 aromatic heterocycles. The Bertz CT molecular complexity index is 679. The van der Waals surface area contributed by atoms with E-state index in [4.69, 9.17) is 0 Å². The SMILES string of the molecule is CNc1nc(NCCc2cscn2)nc(-n2cccn2)n1. The number of nitrogens with zero attached hydrogens (tertiary/aromatic N) is 6. The third kappa shape index (κ3) is 3.31. The first-order valence-corrected chi connectivity index (χ1v) is 7.34. The van der Waals surface area contributed by atoms with E-state index in [0.717, 1.165) is 12.1 Å². The first kappa shape index (κ1) is 13.4. The highest BCUT2D eigenvalue weighted by Gasteiger charge is 2.07. The summed E-state index contributed by atoms with van der Waals surface area (Å²) in [6.45, 7) is 0.704. The lowest BCUT2D eigenvalue weighted by molar-refractivity contribution is 0.796. The zero-order valence-corrected chi connectivity index (χ0v) is 12.2. The molecule has 3 aromatic rings. The van der Waals surface area contributed by atoms with Crippen LogP contribution in [0.1, 0.15) is 5.69 Å². The molecular weight excluding hydrogens is 288 g/mol. The fourth-order valence-electron chi connectivity index (χ4n) is 1.71. The minimum Gasteiger partial charge on any atom is -0.357 e. The molecule has 0 amide bonds. The van der Waals surface area contributed by atoms with Crippen LogP contribution in [-0.4, -0.2) is 43.3 Å². The van der Waals surface area contributed by atoms with Crippen LogP contribution < -0.4 is 10.6 Å². The summed E-state index contributed by atoms with van der Waals surface area (Å²) in [6.07, 6.45) is 4.28. The van der Waals surface area contributed by atoms with Crippen LogP contribution in [0.25, 0.3) is 5.95 Å². The minimum absolute atomic E-state index is 0.468. The highest BCUT2D eigenvalue weighted by molar-refractivity contribution is 7.07. The van der Waals surface area contributed by atoms with Crippen LogP contribution in [0.15, 0.2) is 29.4 Å². The van der Waals surface area contributed by atoms with E-state index in [2.05, 4.69) is 35.7 Å². The van der Waals surface area contributed by atoms with Crippen molar-refractivity contribution >= 4 is 23.2 Å². The van der Waals surface area contributed by atoms with Gasteiger partial charge in [-0.3, -0.25) is 0 Å². The molecule has 3 heterocycles. The first-order valence-electron chi connectivity index (χ1n) is 6.40. The van der Waals surface area contributed by atoms with Gasteiger partial charge in [0, 0.05) is 37.8 Å². The van der Waals surface area contributed by atoms with Crippen LogP contribution >= 0.6 is 11.3 Å². The van der Waals surface area contributed by atoms with E-state index in [-0.39, 0.29) is 0 Å². The van der Waals surface area contributed by atoms with Gasteiger partial charge in [0.05, 0.1) is 11.2 Å².